The van der Waals surface area contributed by atoms with Crippen LogP contribution in [0.25, 0.3) is 92.3 Å². The van der Waals surface area contributed by atoms with Crippen molar-refractivity contribution in [3.05, 3.63) is 164 Å². The van der Waals surface area contributed by atoms with Gasteiger partial charge in [0.2, 0.25) is 0 Å². The van der Waals surface area contributed by atoms with Gasteiger partial charge in [0, 0.05) is 48.6 Å². The van der Waals surface area contributed by atoms with Gasteiger partial charge in [-0.3, -0.25) is 0 Å². The summed E-state index contributed by atoms with van der Waals surface area (Å²) in [5, 5.41) is 7.46. The maximum absolute atomic E-state index is 5.20. The lowest BCUT2D eigenvalue weighted by molar-refractivity contribution is 1.19. The summed E-state index contributed by atoms with van der Waals surface area (Å²) in [7, 11) is 0. The molecule has 0 amide bonds. The second-order valence-corrected chi connectivity index (χ2v) is 13.2. The predicted octanol–water partition coefficient (Wildman–Crippen LogP) is 12.1. The normalized spacial score (nSPS) is 11.8. The zero-order valence-corrected chi connectivity index (χ0v) is 26.7. The monoisotopic (exact) mass is 629 g/mol. The SMILES string of the molecule is c1ccc(-c2cc(-c3ccccc3)nc(-c3cccc4c3sc3c4ccc4c5ccccc5n(-c5ccc6ccccc6c5)c43)n2)cc1. The van der Waals surface area contributed by atoms with E-state index < -0.39 is 0 Å². The Morgan fingerprint density at radius 2 is 1.06 bits per heavy atom. The molecule has 0 spiro atoms. The number of aromatic nitrogens is 3. The standard InChI is InChI=1S/C44H27N3S/c1-3-13-29(14-4-1)38-27-39(30-15-5-2-6-16-30)46-44(45-38)37-20-11-19-35-36-25-24-34-33-18-9-10-21-40(33)47(41(34)43(36)48-42(35)37)32-23-22-28-12-7-8-17-31(28)26-32/h1-27H. The van der Waals surface area contributed by atoms with Crippen LogP contribution in [0.2, 0.25) is 0 Å². The lowest BCUT2D eigenvalue weighted by atomic mass is 10.0. The van der Waals surface area contributed by atoms with E-state index in [1.807, 2.05) is 23.5 Å². The average Bonchev–Trinajstić information content (AvgIpc) is 3.71. The summed E-state index contributed by atoms with van der Waals surface area (Å²) in [4.78, 5) is 10.4. The number of hydrogen-bond donors (Lipinski definition) is 0. The van der Waals surface area contributed by atoms with Crippen LogP contribution in [-0.4, -0.2) is 14.5 Å². The molecule has 0 unspecified atom stereocenters. The Kier molecular flexibility index (Phi) is 6.05. The van der Waals surface area contributed by atoms with E-state index >= 15 is 0 Å². The van der Waals surface area contributed by atoms with Gasteiger partial charge in [-0.05, 0) is 41.1 Å². The minimum Gasteiger partial charge on any atom is -0.308 e. The maximum atomic E-state index is 5.20. The van der Waals surface area contributed by atoms with Crippen molar-refractivity contribution in [2.75, 3.05) is 0 Å². The fraction of sp³-hybridized carbons (Fsp3) is 0. The molecule has 0 radical (unpaired) electrons. The minimum atomic E-state index is 0.735. The van der Waals surface area contributed by atoms with Crippen molar-refractivity contribution in [1.82, 2.24) is 14.5 Å². The van der Waals surface area contributed by atoms with E-state index in [4.69, 9.17) is 9.97 Å². The highest BCUT2D eigenvalue weighted by molar-refractivity contribution is 7.27. The van der Waals surface area contributed by atoms with Crippen LogP contribution in [0.5, 0.6) is 0 Å². The third-order valence-electron chi connectivity index (χ3n) is 9.40. The van der Waals surface area contributed by atoms with E-state index in [0.717, 1.165) is 39.6 Å². The summed E-state index contributed by atoms with van der Waals surface area (Å²) in [6.07, 6.45) is 0. The fourth-order valence-electron chi connectivity index (χ4n) is 7.15. The Bertz CT molecular complexity index is 2770. The number of thiophene rings is 1. The Hall–Kier alpha value is -6.10. The van der Waals surface area contributed by atoms with E-state index in [-0.39, 0.29) is 0 Å². The zero-order chi connectivity index (χ0) is 31.6. The molecular weight excluding hydrogens is 603 g/mol. The van der Waals surface area contributed by atoms with Crippen molar-refractivity contribution in [2.45, 2.75) is 0 Å². The molecule has 0 aliphatic heterocycles. The highest BCUT2D eigenvalue weighted by atomic mass is 32.1. The van der Waals surface area contributed by atoms with E-state index in [1.54, 1.807) is 0 Å². The maximum Gasteiger partial charge on any atom is 0.161 e. The van der Waals surface area contributed by atoms with Crippen LogP contribution in [0.4, 0.5) is 0 Å². The average molecular weight is 630 g/mol. The van der Waals surface area contributed by atoms with Gasteiger partial charge >= 0.3 is 0 Å². The summed E-state index contributed by atoms with van der Waals surface area (Å²) < 4.78 is 4.91. The van der Waals surface area contributed by atoms with Gasteiger partial charge in [-0.2, -0.15) is 0 Å². The molecule has 10 rings (SSSR count). The molecule has 0 saturated carbocycles. The van der Waals surface area contributed by atoms with Crippen molar-refractivity contribution >= 4 is 64.1 Å². The van der Waals surface area contributed by atoms with Gasteiger partial charge in [-0.1, -0.05) is 133 Å². The molecule has 3 heterocycles. The number of rotatable bonds is 4. The van der Waals surface area contributed by atoms with Gasteiger partial charge < -0.3 is 4.57 Å². The van der Waals surface area contributed by atoms with E-state index in [9.17, 15) is 0 Å². The fourth-order valence-corrected chi connectivity index (χ4v) is 8.49. The molecule has 4 heteroatoms. The van der Waals surface area contributed by atoms with Crippen LogP contribution in [0.15, 0.2) is 164 Å². The topological polar surface area (TPSA) is 30.7 Å². The van der Waals surface area contributed by atoms with E-state index in [2.05, 4.69) is 156 Å². The number of nitrogens with zero attached hydrogens (tertiary/aromatic N) is 3. The van der Waals surface area contributed by atoms with Crippen molar-refractivity contribution < 1.29 is 0 Å². The van der Waals surface area contributed by atoms with Crippen molar-refractivity contribution in [1.29, 1.82) is 0 Å². The number of para-hydroxylation sites is 1. The van der Waals surface area contributed by atoms with Gasteiger partial charge in [0.25, 0.3) is 0 Å². The minimum absolute atomic E-state index is 0.735. The quantitative estimate of drug-likeness (QED) is 0.194. The van der Waals surface area contributed by atoms with Gasteiger partial charge in [0.15, 0.2) is 5.82 Å². The molecule has 0 saturated heterocycles. The molecule has 10 aromatic rings. The van der Waals surface area contributed by atoms with Gasteiger partial charge in [0.05, 0.1) is 27.1 Å². The summed E-state index contributed by atoms with van der Waals surface area (Å²) in [6.45, 7) is 0. The van der Waals surface area contributed by atoms with Crippen LogP contribution in [-0.2, 0) is 0 Å². The molecule has 224 valence electrons. The lowest BCUT2D eigenvalue weighted by Crippen LogP contribution is -1.96. The number of benzene rings is 7. The molecule has 0 fully saturated rings. The Balaban J connectivity index is 1.27. The van der Waals surface area contributed by atoms with Gasteiger partial charge in [-0.15, -0.1) is 11.3 Å². The molecule has 0 N–H and O–H groups in total. The number of hydrogen-bond acceptors (Lipinski definition) is 3. The Morgan fingerprint density at radius 3 is 1.83 bits per heavy atom. The molecule has 7 aromatic carbocycles. The predicted molar refractivity (Wildman–Crippen MR) is 203 cm³/mol. The van der Waals surface area contributed by atoms with Gasteiger partial charge in [0.1, 0.15) is 0 Å². The van der Waals surface area contributed by atoms with Crippen molar-refractivity contribution in [3.8, 4) is 39.6 Å². The highest BCUT2D eigenvalue weighted by Gasteiger charge is 2.20. The first-order chi connectivity index (χ1) is 23.8. The summed E-state index contributed by atoms with van der Waals surface area (Å²) in [6, 6.07) is 58.2. The molecule has 0 atom stereocenters. The smallest absolute Gasteiger partial charge is 0.161 e. The first-order valence-electron chi connectivity index (χ1n) is 16.2. The van der Waals surface area contributed by atoms with Crippen LogP contribution < -0.4 is 0 Å². The largest absolute Gasteiger partial charge is 0.308 e. The Labute approximate surface area is 281 Å². The van der Waals surface area contributed by atoms with Crippen LogP contribution in [0, 0.1) is 0 Å². The van der Waals surface area contributed by atoms with Gasteiger partial charge in [-0.25, -0.2) is 9.97 Å². The third-order valence-corrected chi connectivity index (χ3v) is 10.7. The summed E-state index contributed by atoms with van der Waals surface area (Å²) >= 11 is 1.84. The Morgan fingerprint density at radius 1 is 0.438 bits per heavy atom. The molecular formula is C44H27N3S. The van der Waals surface area contributed by atoms with E-state index in [0.29, 0.717) is 0 Å². The first-order valence-corrected chi connectivity index (χ1v) is 17.0. The molecule has 3 nitrogen and oxygen atoms in total. The van der Waals surface area contributed by atoms with Crippen LogP contribution in [0.1, 0.15) is 0 Å². The summed E-state index contributed by atoms with van der Waals surface area (Å²) in [5.41, 5.74) is 8.63. The highest BCUT2D eigenvalue weighted by Crippen LogP contribution is 2.45. The van der Waals surface area contributed by atoms with Crippen LogP contribution in [0.3, 0.4) is 0 Å². The second kappa shape index (κ2) is 10.7. The van der Waals surface area contributed by atoms with Crippen LogP contribution >= 0.6 is 11.3 Å². The molecule has 48 heavy (non-hydrogen) atoms. The van der Waals surface area contributed by atoms with Crippen molar-refractivity contribution in [2.24, 2.45) is 0 Å². The second-order valence-electron chi connectivity index (χ2n) is 12.2. The molecule has 0 aliphatic rings. The molecule has 0 aliphatic carbocycles. The summed E-state index contributed by atoms with van der Waals surface area (Å²) in [5.74, 6) is 0.735. The van der Waals surface area contributed by atoms with Crippen molar-refractivity contribution in [3.63, 3.8) is 0 Å². The van der Waals surface area contributed by atoms with E-state index in [1.165, 1.54) is 52.8 Å². The number of fused-ring (bicyclic) bond motifs is 8. The first kappa shape index (κ1) is 27.1. The third kappa shape index (κ3) is 4.20. The lowest BCUT2D eigenvalue weighted by Gasteiger charge is -2.10. The zero-order valence-electron chi connectivity index (χ0n) is 25.8. The molecule has 3 aromatic heterocycles. The molecule has 0 bridgehead atoms.